The second-order valence-corrected chi connectivity index (χ2v) is 8.96. The van der Waals surface area contributed by atoms with Crippen molar-refractivity contribution in [2.75, 3.05) is 0 Å². The molecule has 1 radical (unpaired) electrons. The van der Waals surface area contributed by atoms with E-state index >= 15 is 0 Å². The number of hydrogen-bond donors (Lipinski definition) is 4. The molecule has 2 saturated carbocycles. The average Bonchev–Trinajstić information content (AvgIpc) is 2.70. The lowest BCUT2D eigenvalue weighted by atomic mass is 9.67. The van der Waals surface area contributed by atoms with Crippen LogP contribution in [0.1, 0.15) is 44.9 Å². The molecule has 9 nitrogen and oxygen atoms in total. The minimum absolute atomic E-state index is 0.118. The number of nitrogens with zero attached hydrogens (tertiary/aromatic N) is 1. The Morgan fingerprint density at radius 3 is 1.86 bits per heavy atom. The molecule has 4 N–H and O–H groups in total. The summed E-state index contributed by atoms with van der Waals surface area (Å²) in [6.07, 6.45) is 5.18. The molecular formula is C16H23BI2N3O6. The minimum Gasteiger partial charge on any atom is -0.481 e. The number of carboxylic acid groups (broad SMARTS) is 2. The van der Waals surface area contributed by atoms with Crippen molar-refractivity contribution < 1.29 is 29.4 Å². The summed E-state index contributed by atoms with van der Waals surface area (Å²) in [5.41, 5.74) is 0. The molecule has 2 fully saturated rings. The van der Waals surface area contributed by atoms with Gasteiger partial charge in [-0.05, 0) is 25.7 Å². The Morgan fingerprint density at radius 1 is 0.857 bits per heavy atom. The zero-order valence-electron chi connectivity index (χ0n) is 15.1. The van der Waals surface area contributed by atoms with Crippen LogP contribution in [0.5, 0.6) is 0 Å². The zero-order chi connectivity index (χ0) is 20.8. The third kappa shape index (κ3) is 5.94. The summed E-state index contributed by atoms with van der Waals surface area (Å²) in [6.45, 7) is 0. The maximum absolute atomic E-state index is 12.7. The zero-order valence-corrected chi connectivity index (χ0v) is 19.5. The molecule has 12 heteroatoms. The van der Waals surface area contributed by atoms with Crippen LogP contribution in [0, 0.1) is 23.7 Å². The number of amides is 2. The van der Waals surface area contributed by atoms with Gasteiger partial charge in [0, 0.05) is 28.9 Å². The smallest absolute Gasteiger partial charge is 0.361 e. The van der Waals surface area contributed by atoms with Gasteiger partial charge in [-0.3, -0.25) is 25.7 Å². The van der Waals surface area contributed by atoms with Crippen LogP contribution in [0.2, 0.25) is 0 Å². The van der Waals surface area contributed by atoms with E-state index in [4.69, 9.17) is 0 Å². The van der Waals surface area contributed by atoms with E-state index in [0.29, 0.717) is 6.04 Å². The molecule has 155 valence electrons. The second-order valence-electron chi connectivity index (χ2n) is 7.31. The van der Waals surface area contributed by atoms with Crippen molar-refractivity contribution in [1.82, 2.24) is 11.8 Å². The summed E-state index contributed by atoms with van der Waals surface area (Å²) in [5, 5.41) is 21.6. The summed E-state index contributed by atoms with van der Waals surface area (Å²) < 4.78 is 4.29. The number of rotatable bonds is 7. The van der Waals surface area contributed by atoms with E-state index in [-0.39, 0.29) is 12.8 Å². The van der Waals surface area contributed by atoms with Crippen molar-refractivity contribution in [3.8, 4) is 0 Å². The SMILES string of the molecule is O=C(O)C1CC(C(=O)O)C(C(=O)N[B]N(I)C2CCCCC2)CC1C(=O)NI. The van der Waals surface area contributed by atoms with Crippen molar-refractivity contribution in [3.63, 3.8) is 0 Å². The van der Waals surface area contributed by atoms with E-state index in [1.54, 1.807) is 30.4 Å². The lowest BCUT2D eigenvalue weighted by molar-refractivity contribution is -0.158. The first-order valence-corrected chi connectivity index (χ1v) is 11.2. The van der Waals surface area contributed by atoms with E-state index in [1.807, 2.05) is 3.02 Å². The van der Waals surface area contributed by atoms with Crippen molar-refractivity contribution in [1.29, 1.82) is 0 Å². The Kier molecular flexibility index (Phi) is 9.24. The summed E-state index contributed by atoms with van der Waals surface area (Å²) in [5.74, 6) is -7.65. The maximum atomic E-state index is 12.7. The van der Waals surface area contributed by atoms with E-state index in [1.165, 1.54) is 6.42 Å². The van der Waals surface area contributed by atoms with Gasteiger partial charge in [0.15, 0.2) is 0 Å². The first kappa shape index (κ1) is 23.6. The number of halogens is 2. The molecule has 0 heterocycles. The molecular weight excluding hydrogens is 595 g/mol. The minimum atomic E-state index is -1.22. The molecule has 2 rings (SSSR count). The monoisotopic (exact) mass is 618 g/mol. The van der Waals surface area contributed by atoms with Gasteiger partial charge >= 0.3 is 19.5 Å². The topological polar surface area (TPSA) is 136 Å². The molecule has 4 atom stereocenters. The van der Waals surface area contributed by atoms with E-state index in [0.717, 1.165) is 25.7 Å². The van der Waals surface area contributed by atoms with Crippen LogP contribution in [-0.4, -0.2) is 50.6 Å². The molecule has 0 saturated heterocycles. The predicted molar refractivity (Wildman–Crippen MR) is 117 cm³/mol. The molecule has 0 aromatic rings. The van der Waals surface area contributed by atoms with Gasteiger partial charge in [-0.2, -0.15) is 0 Å². The summed E-state index contributed by atoms with van der Waals surface area (Å²) >= 11 is 3.74. The molecule has 0 aliphatic heterocycles. The van der Waals surface area contributed by atoms with Gasteiger partial charge in [0.05, 0.1) is 46.5 Å². The van der Waals surface area contributed by atoms with Crippen LogP contribution in [0.4, 0.5) is 0 Å². The molecule has 0 bridgehead atoms. The fourth-order valence-corrected chi connectivity index (χ4v) is 5.16. The van der Waals surface area contributed by atoms with Crippen LogP contribution in [0.3, 0.4) is 0 Å². The van der Waals surface area contributed by atoms with Gasteiger partial charge in [-0.1, -0.05) is 19.3 Å². The Balaban J connectivity index is 2.06. The van der Waals surface area contributed by atoms with Gasteiger partial charge in [-0.15, -0.1) is 0 Å². The highest BCUT2D eigenvalue weighted by Gasteiger charge is 2.48. The van der Waals surface area contributed by atoms with Gasteiger partial charge in [-0.25, -0.2) is 0 Å². The average molecular weight is 618 g/mol. The van der Waals surface area contributed by atoms with E-state index in [2.05, 4.69) is 31.6 Å². The molecule has 2 aliphatic carbocycles. The van der Waals surface area contributed by atoms with Crippen molar-refractivity contribution in [2.24, 2.45) is 23.7 Å². The number of carbonyl (C=O) groups excluding carboxylic acids is 2. The molecule has 0 aromatic heterocycles. The molecule has 2 amide bonds. The lowest BCUT2D eigenvalue weighted by Crippen LogP contribution is -2.51. The Labute approximate surface area is 192 Å². The number of hydrogen-bond acceptors (Lipinski definition) is 5. The molecule has 4 unspecified atom stereocenters. The first-order chi connectivity index (χ1) is 13.3. The lowest BCUT2D eigenvalue weighted by Gasteiger charge is -2.36. The van der Waals surface area contributed by atoms with Crippen LogP contribution in [0.25, 0.3) is 0 Å². The Bertz CT molecular complexity index is 619. The van der Waals surface area contributed by atoms with E-state index < -0.39 is 47.4 Å². The van der Waals surface area contributed by atoms with Gasteiger partial charge in [0.25, 0.3) is 0 Å². The second kappa shape index (κ2) is 10.9. The first-order valence-electron chi connectivity index (χ1n) is 9.20. The van der Waals surface area contributed by atoms with Crippen LogP contribution < -0.4 is 8.76 Å². The molecule has 0 spiro atoms. The fraction of sp³-hybridized carbons (Fsp3) is 0.750. The largest absolute Gasteiger partial charge is 0.481 e. The number of aliphatic carboxylic acids is 2. The fourth-order valence-electron chi connectivity index (χ4n) is 4.07. The molecule has 28 heavy (non-hydrogen) atoms. The van der Waals surface area contributed by atoms with Crippen LogP contribution in [-0.2, 0) is 19.2 Å². The van der Waals surface area contributed by atoms with Crippen LogP contribution in [0.15, 0.2) is 0 Å². The van der Waals surface area contributed by atoms with Crippen molar-refractivity contribution >= 4 is 77.0 Å². The van der Waals surface area contributed by atoms with Gasteiger partial charge < -0.3 is 15.4 Å². The van der Waals surface area contributed by atoms with Gasteiger partial charge in [0.1, 0.15) is 0 Å². The standard InChI is InChI=1S/C16H23BI2N3O6/c18-21-14(24)10-6-9(11(15(25)26)7-12(10)16(27)28)13(23)20-17-22(19)8-4-2-1-3-5-8/h8-12H,1-7H2,(H,20,23)(H,21,24)(H,25,26)(H,27,28). The number of nitrogens with one attached hydrogen (secondary N) is 2. The third-order valence-electron chi connectivity index (χ3n) is 5.64. The quantitative estimate of drug-likeness (QED) is 0.193. The maximum Gasteiger partial charge on any atom is 0.361 e. The number of carboxylic acids is 2. The highest BCUT2D eigenvalue weighted by molar-refractivity contribution is 14.1. The molecule has 2 aliphatic rings. The molecule has 0 aromatic carbocycles. The van der Waals surface area contributed by atoms with Gasteiger partial charge in [0.2, 0.25) is 11.8 Å². The van der Waals surface area contributed by atoms with Crippen molar-refractivity contribution in [2.45, 2.75) is 51.0 Å². The summed E-state index contributed by atoms with van der Waals surface area (Å²) in [6, 6.07) is 0.324. The summed E-state index contributed by atoms with van der Waals surface area (Å²) in [7, 11) is 1.55. The number of carbonyl (C=O) groups is 4. The third-order valence-corrected chi connectivity index (χ3v) is 7.24. The Morgan fingerprint density at radius 2 is 1.36 bits per heavy atom. The predicted octanol–water partition coefficient (Wildman–Crippen LogP) is 1.52. The Hall–Kier alpha value is -0.635. The highest BCUT2D eigenvalue weighted by atomic mass is 127. The van der Waals surface area contributed by atoms with Crippen molar-refractivity contribution in [3.05, 3.63) is 0 Å². The highest BCUT2D eigenvalue weighted by Crippen LogP contribution is 2.39. The van der Waals surface area contributed by atoms with E-state index in [9.17, 15) is 29.4 Å². The van der Waals surface area contributed by atoms with Crippen LogP contribution >= 0.6 is 45.7 Å². The normalized spacial score (nSPS) is 28.4. The summed E-state index contributed by atoms with van der Waals surface area (Å²) in [4.78, 5) is 48.0.